The Morgan fingerprint density at radius 3 is 2.14 bits per heavy atom. The molecule has 0 aliphatic rings. The van der Waals surface area contributed by atoms with E-state index in [0.29, 0.717) is 12.2 Å². The van der Waals surface area contributed by atoms with Crippen LogP contribution in [0.25, 0.3) is 0 Å². The highest BCUT2D eigenvalue weighted by Gasteiger charge is 2.26. The van der Waals surface area contributed by atoms with Crippen LogP contribution in [-0.2, 0) is 22.4 Å². The summed E-state index contributed by atoms with van der Waals surface area (Å²) in [6.45, 7) is 11.4. The number of imidazole rings is 1. The molecule has 6 nitrogen and oxygen atoms in total. The van der Waals surface area contributed by atoms with Crippen LogP contribution < -0.4 is 5.73 Å². The molecule has 29 heavy (non-hydrogen) atoms. The number of nitrogens with one attached hydrogen (secondary N) is 1. The quantitative estimate of drug-likeness (QED) is 0.655. The molecule has 2 unspecified atom stereocenters. The zero-order chi connectivity index (χ0) is 22.2. The first-order valence-electron chi connectivity index (χ1n) is 10.0. The van der Waals surface area contributed by atoms with Crippen LogP contribution in [0.2, 0.25) is 0 Å². The Balaban J connectivity index is 0.000000296. The minimum atomic E-state index is -0.482. The van der Waals surface area contributed by atoms with E-state index < -0.39 is 11.5 Å². The molecule has 0 amide bonds. The van der Waals surface area contributed by atoms with E-state index in [0.717, 1.165) is 17.7 Å². The Labute approximate surface area is 173 Å². The number of H-pyrrole nitrogens is 1. The fraction of sp³-hybridized carbons (Fsp3) is 0.522. The highest BCUT2D eigenvalue weighted by atomic mass is 16.3. The molecule has 2 aromatic rings. The van der Waals surface area contributed by atoms with Crippen LogP contribution in [0.3, 0.4) is 0 Å². The van der Waals surface area contributed by atoms with Gasteiger partial charge in [-0.3, -0.25) is 9.59 Å². The largest absolute Gasteiger partial charge is 0.508 e. The van der Waals surface area contributed by atoms with E-state index in [-0.39, 0.29) is 23.4 Å². The van der Waals surface area contributed by atoms with Crippen LogP contribution in [0, 0.1) is 17.3 Å². The second-order valence-corrected chi connectivity index (χ2v) is 8.83. The van der Waals surface area contributed by atoms with Crippen LogP contribution in [0.1, 0.15) is 52.8 Å². The first kappa shape index (κ1) is 24.6. The number of aromatic nitrogens is 2. The maximum Gasteiger partial charge on any atom is 0.155 e. The van der Waals surface area contributed by atoms with Gasteiger partial charge in [-0.2, -0.15) is 0 Å². The molecule has 160 valence electrons. The van der Waals surface area contributed by atoms with Crippen molar-refractivity contribution >= 4 is 11.6 Å². The summed E-state index contributed by atoms with van der Waals surface area (Å²) >= 11 is 0. The Morgan fingerprint density at radius 1 is 1.10 bits per heavy atom. The van der Waals surface area contributed by atoms with Gasteiger partial charge in [0.25, 0.3) is 0 Å². The zero-order valence-corrected chi connectivity index (χ0v) is 18.4. The predicted octanol–water partition coefficient (Wildman–Crippen LogP) is 3.69. The molecule has 4 N–H and O–H groups in total. The van der Waals surface area contributed by atoms with Crippen molar-refractivity contribution < 1.29 is 14.7 Å². The second kappa shape index (κ2) is 10.9. The van der Waals surface area contributed by atoms with Crippen molar-refractivity contribution in [3.05, 3.63) is 48.0 Å². The number of hydrogen-bond donors (Lipinski definition) is 3. The second-order valence-electron chi connectivity index (χ2n) is 8.83. The number of carbonyl (C=O) groups is 2. The summed E-state index contributed by atoms with van der Waals surface area (Å²) in [4.78, 5) is 30.3. The number of rotatable bonds is 7. The number of nitrogens with zero attached hydrogens (tertiary/aromatic N) is 1. The number of phenolic OH excluding ortho intramolecular Hbond substituents is 1. The molecule has 0 spiro atoms. The van der Waals surface area contributed by atoms with Gasteiger partial charge in [0, 0.05) is 29.1 Å². The lowest BCUT2D eigenvalue weighted by atomic mass is 9.85. The van der Waals surface area contributed by atoms with Crippen LogP contribution in [0.4, 0.5) is 0 Å². The van der Waals surface area contributed by atoms with Gasteiger partial charge < -0.3 is 15.8 Å². The summed E-state index contributed by atoms with van der Waals surface area (Å²) in [5, 5.41) is 9.13. The predicted molar refractivity (Wildman–Crippen MR) is 116 cm³/mol. The number of carbonyl (C=O) groups excluding carboxylic acids is 2. The molecule has 2 rings (SSSR count). The third-order valence-electron chi connectivity index (χ3n) is 4.60. The number of ketones is 2. The smallest absolute Gasteiger partial charge is 0.155 e. The maximum absolute atomic E-state index is 11.9. The molecule has 0 saturated heterocycles. The molecule has 0 aliphatic heterocycles. The van der Waals surface area contributed by atoms with Crippen LogP contribution in [0.5, 0.6) is 5.75 Å². The number of hydrogen-bond acceptors (Lipinski definition) is 5. The molecule has 1 aromatic heterocycles. The fourth-order valence-electron chi connectivity index (χ4n) is 2.93. The first-order chi connectivity index (χ1) is 13.4. The molecular weight excluding hydrogens is 366 g/mol. The van der Waals surface area contributed by atoms with Crippen LogP contribution in [-0.4, -0.2) is 32.7 Å². The molecule has 0 saturated carbocycles. The SMILES string of the molecule is CC(C)(C)C(=O)C(N)Cc1ccc(O)cc1.CC(C)C(=O)C(C)Cc1cnc[nH]1. The lowest BCUT2D eigenvalue weighted by molar-refractivity contribution is -0.127. The zero-order valence-electron chi connectivity index (χ0n) is 18.4. The average Bonchev–Trinajstić information content (AvgIpc) is 3.14. The lowest BCUT2D eigenvalue weighted by Crippen LogP contribution is -2.40. The van der Waals surface area contributed by atoms with E-state index >= 15 is 0 Å². The summed E-state index contributed by atoms with van der Waals surface area (Å²) in [5.74, 6) is 0.799. The van der Waals surface area contributed by atoms with Gasteiger partial charge in [-0.15, -0.1) is 0 Å². The summed E-state index contributed by atoms with van der Waals surface area (Å²) in [5.41, 5.74) is 7.45. The molecular formula is C23H35N3O3. The van der Waals surface area contributed by atoms with E-state index in [9.17, 15) is 9.59 Å². The minimum absolute atomic E-state index is 0.0561. The molecule has 6 heteroatoms. The Hall–Kier alpha value is -2.47. The van der Waals surface area contributed by atoms with Gasteiger partial charge >= 0.3 is 0 Å². The van der Waals surface area contributed by atoms with Gasteiger partial charge in [-0.1, -0.05) is 53.7 Å². The van der Waals surface area contributed by atoms with Crippen molar-refractivity contribution in [3.8, 4) is 5.75 Å². The maximum atomic E-state index is 11.9. The summed E-state index contributed by atoms with van der Waals surface area (Å²) in [6, 6.07) is 6.29. The van der Waals surface area contributed by atoms with Crippen molar-refractivity contribution in [3.63, 3.8) is 0 Å². The van der Waals surface area contributed by atoms with E-state index in [1.165, 1.54) is 0 Å². The molecule has 0 fully saturated rings. The molecule has 0 radical (unpaired) electrons. The van der Waals surface area contributed by atoms with Crippen molar-refractivity contribution in [2.24, 2.45) is 23.0 Å². The van der Waals surface area contributed by atoms with Crippen molar-refractivity contribution in [1.29, 1.82) is 0 Å². The third-order valence-corrected chi connectivity index (χ3v) is 4.60. The fourth-order valence-corrected chi connectivity index (χ4v) is 2.93. The molecule has 1 aromatic carbocycles. The van der Waals surface area contributed by atoms with Gasteiger partial charge in [0.2, 0.25) is 0 Å². The number of aromatic hydroxyl groups is 1. The molecule has 1 heterocycles. The van der Waals surface area contributed by atoms with Crippen LogP contribution >= 0.6 is 0 Å². The molecule has 0 bridgehead atoms. The van der Waals surface area contributed by atoms with Gasteiger partial charge in [0.1, 0.15) is 11.5 Å². The van der Waals surface area contributed by atoms with E-state index in [1.807, 2.05) is 41.5 Å². The van der Waals surface area contributed by atoms with Crippen molar-refractivity contribution in [2.45, 2.75) is 60.4 Å². The number of aromatic amines is 1. The van der Waals surface area contributed by atoms with E-state index in [1.54, 1.807) is 36.8 Å². The van der Waals surface area contributed by atoms with E-state index in [4.69, 9.17) is 10.8 Å². The number of benzene rings is 1. The topological polar surface area (TPSA) is 109 Å². The first-order valence-corrected chi connectivity index (χ1v) is 10.0. The summed E-state index contributed by atoms with van der Waals surface area (Å²) in [6.07, 6.45) is 4.68. The third kappa shape index (κ3) is 8.60. The van der Waals surface area contributed by atoms with Crippen LogP contribution in [0.15, 0.2) is 36.8 Å². The van der Waals surface area contributed by atoms with Gasteiger partial charge in [0.15, 0.2) is 5.78 Å². The number of nitrogens with two attached hydrogens (primary N) is 1. The highest BCUT2D eigenvalue weighted by molar-refractivity contribution is 5.88. The number of phenols is 1. The highest BCUT2D eigenvalue weighted by Crippen LogP contribution is 2.18. The Morgan fingerprint density at radius 2 is 1.69 bits per heavy atom. The van der Waals surface area contributed by atoms with E-state index in [2.05, 4.69) is 9.97 Å². The molecule has 2 atom stereocenters. The Kier molecular flexibility index (Phi) is 9.24. The minimum Gasteiger partial charge on any atom is -0.508 e. The van der Waals surface area contributed by atoms with Crippen molar-refractivity contribution in [2.75, 3.05) is 0 Å². The van der Waals surface area contributed by atoms with Gasteiger partial charge in [-0.05, 0) is 30.5 Å². The van der Waals surface area contributed by atoms with Gasteiger partial charge in [-0.25, -0.2) is 4.98 Å². The normalized spacial score (nSPS) is 13.4. The lowest BCUT2D eigenvalue weighted by Gasteiger charge is -2.21. The standard InChI is InChI=1S/C13H19NO2.C10H16N2O/c1-13(2,3)12(16)11(14)8-9-4-6-10(15)7-5-9;1-7(2)10(13)8(3)4-9-5-11-6-12-9/h4-7,11,15H,8,14H2,1-3H3;5-8H,4H2,1-3H3,(H,11,12). The van der Waals surface area contributed by atoms with Crippen molar-refractivity contribution in [1.82, 2.24) is 9.97 Å². The average molecular weight is 402 g/mol. The number of Topliss-reactive ketones (excluding diaryl/α,β-unsaturated/α-hetero) is 2. The summed E-state index contributed by atoms with van der Waals surface area (Å²) < 4.78 is 0. The monoisotopic (exact) mass is 401 g/mol. The van der Waals surface area contributed by atoms with Gasteiger partial charge in [0.05, 0.1) is 12.4 Å². The summed E-state index contributed by atoms with van der Waals surface area (Å²) in [7, 11) is 0. The molecule has 0 aliphatic carbocycles. The Bertz CT molecular complexity index is 760.